The van der Waals surface area contributed by atoms with Gasteiger partial charge in [0.05, 0.1) is 16.3 Å². The van der Waals surface area contributed by atoms with Crippen molar-refractivity contribution in [3.8, 4) is 16.9 Å². The molecular formula is C24H18Cl2N2O. The zero-order valence-corrected chi connectivity index (χ0v) is 17.2. The molecule has 0 aliphatic rings. The molecule has 0 aliphatic carbocycles. The van der Waals surface area contributed by atoms with Gasteiger partial charge in [-0.2, -0.15) is 0 Å². The van der Waals surface area contributed by atoms with Crippen LogP contribution < -0.4 is 5.32 Å². The van der Waals surface area contributed by atoms with Crippen molar-refractivity contribution in [2.24, 2.45) is 0 Å². The van der Waals surface area contributed by atoms with Crippen molar-refractivity contribution < 1.29 is 4.79 Å². The van der Waals surface area contributed by atoms with Gasteiger partial charge in [0.25, 0.3) is 5.91 Å². The minimum Gasteiger partial charge on any atom is -0.322 e. The van der Waals surface area contributed by atoms with Crippen LogP contribution in [0.4, 0.5) is 5.69 Å². The maximum atomic E-state index is 13.0. The molecule has 0 radical (unpaired) electrons. The molecule has 0 atom stereocenters. The summed E-state index contributed by atoms with van der Waals surface area (Å²) in [6.45, 7) is 1.93. The molecule has 4 aromatic rings. The number of benzene rings is 3. The smallest absolute Gasteiger partial charge is 0.257 e. The summed E-state index contributed by atoms with van der Waals surface area (Å²) in [6.07, 6.45) is 0. The van der Waals surface area contributed by atoms with E-state index in [0.29, 0.717) is 15.6 Å². The minimum absolute atomic E-state index is 0.172. The number of aromatic nitrogens is 1. The first-order valence-corrected chi connectivity index (χ1v) is 9.90. The van der Waals surface area contributed by atoms with Crippen molar-refractivity contribution in [1.82, 2.24) is 4.57 Å². The molecule has 5 heteroatoms. The first kappa shape index (κ1) is 19.3. The van der Waals surface area contributed by atoms with Gasteiger partial charge in [-0.1, -0.05) is 59.6 Å². The van der Waals surface area contributed by atoms with Gasteiger partial charge in [-0.15, -0.1) is 0 Å². The van der Waals surface area contributed by atoms with Crippen LogP contribution in [0.15, 0.2) is 84.9 Å². The number of hydrogen-bond donors (Lipinski definition) is 1. The number of rotatable bonds is 4. The zero-order chi connectivity index (χ0) is 20.4. The minimum atomic E-state index is -0.172. The summed E-state index contributed by atoms with van der Waals surface area (Å²) in [4.78, 5) is 13.0. The Morgan fingerprint density at radius 3 is 2.17 bits per heavy atom. The van der Waals surface area contributed by atoms with Crippen LogP contribution in [0.1, 0.15) is 16.1 Å². The van der Waals surface area contributed by atoms with Crippen molar-refractivity contribution in [2.75, 3.05) is 5.32 Å². The van der Waals surface area contributed by atoms with Crippen LogP contribution in [-0.2, 0) is 0 Å². The number of amides is 1. The summed E-state index contributed by atoms with van der Waals surface area (Å²) < 4.78 is 2.04. The summed E-state index contributed by atoms with van der Waals surface area (Å²) in [7, 11) is 0. The Labute approximate surface area is 179 Å². The highest BCUT2D eigenvalue weighted by Gasteiger charge is 2.21. The van der Waals surface area contributed by atoms with Gasteiger partial charge in [0, 0.05) is 27.7 Å². The predicted molar refractivity (Wildman–Crippen MR) is 120 cm³/mol. The van der Waals surface area contributed by atoms with Gasteiger partial charge in [0.1, 0.15) is 0 Å². The highest BCUT2D eigenvalue weighted by atomic mass is 35.5. The van der Waals surface area contributed by atoms with E-state index in [1.54, 1.807) is 12.1 Å². The second-order valence-electron chi connectivity index (χ2n) is 6.64. The normalized spacial score (nSPS) is 10.7. The molecule has 0 aliphatic heterocycles. The molecule has 1 heterocycles. The second kappa shape index (κ2) is 8.16. The van der Waals surface area contributed by atoms with Gasteiger partial charge >= 0.3 is 0 Å². The highest BCUT2D eigenvalue weighted by molar-refractivity contribution is 6.36. The molecule has 3 nitrogen and oxygen atoms in total. The van der Waals surface area contributed by atoms with E-state index in [0.717, 1.165) is 28.3 Å². The largest absolute Gasteiger partial charge is 0.322 e. The Morgan fingerprint density at radius 1 is 0.862 bits per heavy atom. The van der Waals surface area contributed by atoms with E-state index < -0.39 is 0 Å². The topological polar surface area (TPSA) is 34.0 Å². The molecule has 0 saturated carbocycles. The SMILES string of the molecule is Cc1c(C(=O)Nc2ccccc2)cc(-c2ccc(Cl)cc2Cl)n1-c1ccccc1. The fourth-order valence-electron chi connectivity index (χ4n) is 3.36. The second-order valence-corrected chi connectivity index (χ2v) is 7.49. The Morgan fingerprint density at radius 2 is 1.52 bits per heavy atom. The third-order valence-corrected chi connectivity index (χ3v) is 5.29. The van der Waals surface area contributed by atoms with Gasteiger partial charge in [-0.3, -0.25) is 4.79 Å². The van der Waals surface area contributed by atoms with Crippen molar-refractivity contribution >= 4 is 34.8 Å². The molecule has 29 heavy (non-hydrogen) atoms. The van der Waals surface area contributed by atoms with Crippen LogP contribution in [0.25, 0.3) is 16.9 Å². The summed E-state index contributed by atoms with van der Waals surface area (Å²) >= 11 is 12.6. The fraction of sp³-hybridized carbons (Fsp3) is 0.0417. The monoisotopic (exact) mass is 420 g/mol. The van der Waals surface area contributed by atoms with Gasteiger partial charge in [-0.25, -0.2) is 0 Å². The molecule has 0 unspecified atom stereocenters. The maximum absolute atomic E-state index is 13.0. The lowest BCUT2D eigenvalue weighted by Crippen LogP contribution is -2.13. The van der Waals surface area contributed by atoms with Crippen LogP contribution in [0.2, 0.25) is 10.0 Å². The average molecular weight is 421 g/mol. The summed E-state index contributed by atoms with van der Waals surface area (Å²) in [5, 5.41) is 4.05. The van der Waals surface area contributed by atoms with Crippen LogP contribution in [0, 0.1) is 6.92 Å². The number of nitrogens with zero attached hydrogens (tertiary/aromatic N) is 1. The lowest BCUT2D eigenvalue weighted by molar-refractivity contribution is 0.102. The molecule has 1 aromatic heterocycles. The van der Waals surface area contributed by atoms with Crippen molar-refractivity contribution in [1.29, 1.82) is 0 Å². The van der Waals surface area contributed by atoms with Crippen LogP contribution in [-0.4, -0.2) is 10.5 Å². The molecule has 1 amide bonds. The fourth-order valence-corrected chi connectivity index (χ4v) is 3.87. The molecule has 0 fully saturated rings. The maximum Gasteiger partial charge on any atom is 0.257 e. The molecule has 3 aromatic carbocycles. The van der Waals surface area contributed by atoms with E-state index in [1.165, 1.54) is 0 Å². The quantitative estimate of drug-likeness (QED) is 0.378. The lowest BCUT2D eigenvalue weighted by atomic mass is 10.1. The van der Waals surface area contributed by atoms with Crippen LogP contribution >= 0.6 is 23.2 Å². The van der Waals surface area contributed by atoms with Crippen molar-refractivity contribution in [3.63, 3.8) is 0 Å². The number of hydrogen-bond acceptors (Lipinski definition) is 1. The zero-order valence-electron chi connectivity index (χ0n) is 15.7. The van der Waals surface area contributed by atoms with E-state index in [1.807, 2.05) is 84.3 Å². The summed E-state index contributed by atoms with van der Waals surface area (Å²) in [6, 6.07) is 26.5. The number of anilines is 1. The molecule has 0 saturated heterocycles. The number of carbonyl (C=O) groups is 1. The van der Waals surface area contributed by atoms with Gasteiger partial charge in [-0.05, 0) is 55.5 Å². The van der Waals surface area contributed by atoms with E-state index >= 15 is 0 Å². The standard InChI is InChI=1S/C24H18Cl2N2O/c1-16-21(24(29)27-18-8-4-2-5-9-18)15-23(20-13-12-17(25)14-22(20)26)28(16)19-10-6-3-7-11-19/h2-15H,1H3,(H,27,29). The molecule has 4 rings (SSSR count). The Balaban J connectivity index is 1.86. The number of nitrogens with one attached hydrogen (secondary N) is 1. The number of carbonyl (C=O) groups excluding carboxylic acids is 1. The Kier molecular flexibility index (Phi) is 5.43. The molecule has 0 bridgehead atoms. The first-order valence-electron chi connectivity index (χ1n) is 9.14. The van der Waals surface area contributed by atoms with E-state index in [2.05, 4.69) is 5.32 Å². The highest BCUT2D eigenvalue weighted by Crippen LogP contribution is 2.35. The number of halogens is 2. The summed E-state index contributed by atoms with van der Waals surface area (Å²) in [5.74, 6) is -0.172. The summed E-state index contributed by atoms with van der Waals surface area (Å²) in [5.41, 5.74) is 4.74. The van der Waals surface area contributed by atoms with Crippen LogP contribution in [0.3, 0.4) is 0 Å². The Bertz CT molecular complexity index is 1170. The molecule has 1 N–H and O–H groups in total. The van der Waals surface area contributed by atoms with E-state index in [4.69, 9.17) is 23.2 Å². The van der Waals surface area contributed by atoms with Crippen molar-refractivity contribution in [3.05, 3.63) is 106 Å². The molecule has 144 valence electrons. The van der Waals surface area contributed by atoms with E-state index in [-0.39, 0.29) is 5.91 Å². The van der Waals surface area contributed by atoms with Crippen LogP contribution in [0.5, 0.6) is 0 Å². The third kappa shape index (κ3) is 3.93. The lowest BCUT2D eigenvalue weighted by Gasteiger charge is -2.13. The van der Waals surface area contributed by atoms with E-state index in [9.17, 15) is 4.79 Å². The third-order valence-electron chi connectivity index (χ3n) is 4.74. The van der Waals surface area contributed by atoms with Crippen molar-refractivity contribution in [2.45, 2.75) is 6.92 Å². The number of para-hydroxylation sites is 2. The van der Waals surface area contributed by atoms with Gasteiger partial charge in [0.15, 0.2) is 0 Å². The molecular weight excluding hydrogens is 403 g/mol. The molecule has 0 spiro atoms. The van der Waals surface area contributed by atoms with Gasteiger partial charge in [0.2, 0.25) is 0 Å². The first-order chi connectivity index (χ1) is 14.0. The Hall–Kier alpha value is -3.01. The predicted octanol–water partition coefficient (Wildman–Crippen LogP) is 7.01. The average Bonchev–Trinajstić information content (AvgIpc) is 3.06. The van der Waals surface area contributed by atoms with Gasteiger partial charge < -0.3 is 9.88 Å².